The van der Waals surface area contributed by atoms with Gasteiger partial charge < -0.3 is 15.0 Å². The smallest absolute Gasteiger partial charge is 0.245 e. The SMILES string of the molecule is CN(C)CCOc1ccc(NC(=O)C(C)(C)NS(=O)(=O)Cc2ccccc2F)cn1. The molecule has 10 heteroatoms. The molecule has 0 saturated carbocycles. The Morgan fingerprint density at radius 3 is 2.50 bits per heavy atom. The first-order valence-electron chi connectivity index (χ1n) is 9.28. The van der Waals surface area contributed by atoms with E-state index in [1.165, 1.54) is 38.2 Å². The number of sulfonamides is 1. The summed E-state index contributed by atoms with van der Waals surface area (Å²) in [4.78, 5) is 18.7. The molecule has 8 nitrogen and oxygen atoms in total. The highest BCUT2D eigenvalue weighted by atomic mass is 32.2. The standard InChI is InChI=1S/C20H27FN4O4S/c1-20(2,24-30(27,28)14-15-7-5-6-8-17(15)21)19(26)23-16-9-10-18(22-13-16)29-12-11-25(3)4/h5-10,13,24H,11-12,14H2,1-4H3,(H,23,26). The largest absolute Gasteiger partial charge is 0.476 e. The van der Waals surface area contributed by atoms with Crippen molar-refractivity contribution in [3.63, 3.8) is 0 Å². The molecule has 0 aliphatic carbocycles. The number of halogens is 1. The quantitative estimate of drug-likeness (QED) is 0.589. The van der Waals surface area contributed by atoms with Crippen LogP contribution in [0.4, 0.5) is 10.1 Å². The average molecular weight is 439 g/mol. The van der Waals surface area contributed by atoms with Crippen LogP contribution in [-0.4, -0.2) is 57.0 Å². The van der Waals surface area contributed by atoms with Crippen molar-refractivity contribution in [2.45, 2.75) is 25.1 Å². The maximum Gasteiger partial charge on any atom is 0.245 e. The molecule has 0 bridgehead atoms. The second-order valence-electron chi connectivity index (χ2n) is 7.57. The van der Waals surface area contributed by atoms with Crippen LogP contribution in [0, 0.1) is 5.82 Å². The Morgan fingerprint density at radius 2 is 1.90 bits per heavy atom. The number of hydrogen-bond acceptors (Lipinski definition) is 6. The van der Waals surface area contributed by atoms with Crippen LogP contribution in [0.5, 0.6) is 5.88 Å². The van der Waals surface area contributed by atoms with Gasteiger partial charge in [0.2, 0.25) is 21.8 Å². The van der Waals surface area contributed by atoms with E-state index >= 15 is 0 Å². The van der Waals surface area contributed by atoms with Crippen molar-refractivity contribution >= 4 is 21.6 Å². The molecule has 1 aromatic carbocycles. The summed E-state index contributed by atoms with van der Waals surface area (Å²) in [6, 6.07) is 8.81. The van der Waals surface area contributed by atoms with Gasteiger partial charge in [0.1, 0.15) is 18.0 Å². The predicted molar refractivity (Wildman–Crippen MR) is 113 cm³/mol. The lowest BCUT2D eigenvalue weighted by Gasteiger charge is -2.25. The molecule has 0 unspecified atom stereocenters. The minimum absolute atomic E-state index is 0.0234. The molecule has 164 valence electrons. The number of benzene rings is 1. The maximum atomic E-state index is 13.8. The molecule has 0 saturated heterocycles. The summed E-state index contributed by atoms with van der Waals surface area (Å²) in [5, 5.41) is 2.62. The van der Waals surface area contributed by atoms with Gasteiger partial charge in [-0.15, -0.1) is 0 Å². The van der Waals surface area contributed by atoms with Crippen molar-refractivity contribution in [3.8, 4) is 5.88 Å². The minimum Gasteiger partial charge on any atom is -0.476 e. The molecular formula is C20H27FN4O4S. The first-order valence-corrected chi connectivity index (χ1v) is 10.9. The summed E-state index contributed by atoms with van der Waals surface area (Å²) >= 11 is 0. The third kappa shape index (κ3) is 7.36. The topological polar surface area (TPSA) is 101 Å². The van der Waals surface area contributed by atoms with Crippen LogP contribution in [0.25, 0.3) is 0 Å². The molecule has 0 radical (unpaired) electrons. The average Bonchev–Trinajstić information content (AvgIpc) is 2.63. The van der Waals surface area contributed by atoms with Crippen molar-refractivity contribution in [2.24, 2.45) is 0 Å². The van der Waals surface area contributed by atoms with Crippen LogP contribution >= 0.6 is 0 Å². The van der Waals surface area contributed by atoms with Crippen molar-refractivity contribution in [3.05, 3.63) is 54.0 Å². The zero-order valence-corrected chi connectivity index (χ0v) is 18.3. The fraction of sp³-hybridized carbons (Fsp3) is 0.400. The molecular weight excluding hydrogens is 411 g/mol. The molecule has 0 aliphatic heterocycles. The van der Waals surface area contributed by atoms with Gasteiger partial charge in [-0.1, -0.05) is 18.2 Å². The number of likely N-dealkylation sites (N-methyl/N-ethyl adjacent to an activating group) is 1. The molecule has 0 atom stereocenters. The fourth-order valence-electron chi connectivity index (χ4n) is 2.45. The van der Waals surface area contributed by atoms with Crippen LogP contribution in [0.15, 0.2) is 42.6 Å². The number of pyridine rings is 1. The van der Waals surface area contributed by atoms with E-state index in [1.807, 2.05) is 19.0 Å². The number of nitrogens with zero attached hydrogens (tertiary/aromatic N) is 2. The minimum atomic E-state index is -3.97. The van der Waals surface area contributed by atoms with Crippen LogP contribution in [0.2, 0.25) is 0 Å². The van der Waals surface area contributed by atoms with Crippen LogP contribution in [-0.2, 0) is 20.6 Å². The van der Waals surface area contributed by atoms with Gasteiger partial charge in [-0.3, -0.25) is 4.79 Å². The maximum absolute atomic E-state index is 13.8. The molecule has 0 fully saturated rings. The summed E-state index contributed by atoms with van der Waals surface area (Å²) in [5.41, 5.74) is -1.05. The number of rotatable bonds is 10. The van der Waals surface area contributed by atoms with Crippen LogP contribution in [0.3, 0.4) is 0 Å². The molecule has 2 aromatic rings. The van der Waals surface area contributed by atoms with E-state index in [0.717, 1.165) is 6.54 Å². The molecule has 2 rings (SSSR count). The third-order valence-electron chi connectivity index (χ3n) is 4.06. The monoisotopic (exact) mass is 438 g/mol. The first-order chi connectivity index (χ1) is 14.0. The van der Waals surface area contributed by atoms with E-state index in [2.05, 4.69) is 15.0 Å². The van der Waals surface area contributed by atoms with E-state index < -0.39 is 33.0 Å². The molecule has 30 heavy (non-hydrogen) atoms. The Balaban J connectivity index is 1.97. The van der Waals surface area contributed by atoms with Gasteiger partial charge in [-0.05, 0) is 40.1 Å². The van der Waals surface area contributed by atoms with E-state index in [4.69, 9.17) is 4.74 Å². The Labute approximate surface area is 176 Å². The summed E-state index contributed by atoms with van der Waals surface area (Å²) in [7, 11) is -0.102. The summed E-state index contributed by atoms with van der Waals surface area (Å²) < 4.78 is 46.4. The van der Waals surface area contributed by atoms with Crippen LogP contribution < -0.4 is 14.8 Å². The van der Waals surface area contributed by atoms with E-state index in [9.17, 15) is 17.6 Å². The Morgan fingerprint density at radius 1 is 1.20 bits per heavy atom. The Hall–Kier alpha value is -2.56. The zero-order valence-electron chi connectivity index (χ0n) is 17.5. The second-order valence-corrected chi connectivity index (χ2v) is 9.29. The Bertz CT molecular complexity index is 963. The fourth-order valence-corrected chi connectivity index (χ4v) is 4.04. The number of anilines is 1. The first kappa shape index (κ1) is 23.7. The molecule has 1 aromatic heterocycles. The lowest BCUT2D eigenvalue weighted by atomic mass is 10.1. The molecule has 0 aliphatic rings. The van der Waals surface area contributed by atoms with E-state index in [0.29, 0.717) is 18.2 Å². The number of ether oxygens (including phenoxy) is 1. The van der Waals surface area contributed by atoms with E-state index in [-0.39, 0.29) is 5.56 Å². The van der Waals surface area contributed by atoms with Crippen molar-refractivity contribution in [1.82, 2.24) is 14.6 Å². The summed E-state index contributed by atoms with van der Waals surface area (Å²) in [6.07, 6.45) is 1.42. The highest BCUT2D eigenvalue weighted by Crippen LogP contribution is 2.16. The highest BCUT2D eigenvalue weighted by molar-refractivity contribution is 7.88. The van der Waals surface area contributed by atoms with Crippen molar-refractivity contribution in [1.29, 1.82) is 0 Å². The molecule has 1 heterocycles. The zero-order chi connectivity index (χ0) is 22.4. The van der Waals surface area contributed by atoms with Crippen LogP contribution in [0.1, 0.15) is 19.4 Å². The second kappa shape index (κ2) is 9.96. The lowest BCUT2D eigenvalue weighted by molar-refractivity contribution is -0.120. The number of aromatic nitrogens is 1. The van der Waals surface area contributed by atoms with Gasteiger partial charge in [0.05, 0.1) is 17.6 Å². The Kier molecular flexibility index (Phi) is 7.88. The normalized spacial score (nSPS) is 12.1. The van der Waals surface area contributed by atoms with Gasteiger partial charge in [0.25, 0.3) is 0 Å². The van der Waals surface area contributed by atoms with Gasteiger partial charge in [-0.25, -0.2) is 17.8 Å². The summed E-state index contributed by atoms with van der Waals surface area (Å²) in [5.74, 6) is -1.36. The number of carbonyl (C=O) groups excluding carboxylic acids is 1. The van der Waals surface area contributed by atoms with Gasteiger partial charge in [0, 0.05) is 18.2 Å². The summed E-state index contributed by atoms with van der Waals surface area (Å²) in [6.45, 7) is 4.06. The van der Waals surface area contributed by atoms with Gasteiger partial charge >= 0.3 is 0 Å². The number of carbonyl (C=O) groups is 1. The highest BCUT2D eigenvalue weighted by Gasteiger charge is 2.33. The van der Waals surface area contributed by atoms with Gasteiger partial charge in [-0.2, -0.15) is 4.72 Å². The third-order valence-corrected chi connectivity index (χ3v) is 5.58. The van der Waals surface area contributed by atoms with Gasteiger partial charge in [0.15, 0.2) is 0 Å². The van der Waals surface area contributed by atoms with E-state index in [1.54, 1.807) is 18.2 Å². The lowest BCUT2D eigenvalue weighted by Crippen LogP contribution is -2.52. The molecule has 1 amide bonds. The number of hydrogen-bond donors (Lipinski definition) is 2. The predicted octanol–water partition coefficient (Wildman–Crippen LogP) is 2.00. The molecule has 0 spiro atoms. The van der Waals surface area contributed by atoms with Crippen molar-refractivity contribution in [2.75, 3.05) is 32.6 Å². The number of amides is 1. The van der Waals surface area contributed by atoms with Crippen molar-refractivity contribution < 1.29 is 22.3 Å². The molecule has 2 N–H and O–H groups in total. The number of nitrogens with one attached hydrogen (secondary N) is 2.